The van der Waals surface area contributed by atoms with Crippen LogP contribution in [0.5, 0.6) is 0 Å². The van der Waals surface area contributed by atoms with Crippen LogP contribution in [0.25, 0.3) is 0 Å². The molecular weight excluding hydrogens is 510 g/mol. The first kappa shape index (κ1) is 28.3. The molecule has 1 aromatic carbocycles. The highest BCUT2D eigenvalue weighted by molar-refractivity contribution is 5.91. The summed E-state index contributed by atoms with van der Waals surface area (Å²) < 4.78 is 12.1. The van der Waals surface area contributed by atoms with E-state index < -0.39 is 5.97 Å². The van der Waals surface area contributed by atoms with Gasteiger partial charge in [-0.05, 0) is 62.5 Å². The highest BCUT2D eigenvalue weighted by Crippen LogP contribution is 2.50. The van der Waals surface area contributed by atoms with E-state index >= 15 is 0 Å². The van der Waals surface area contributed by atoms with Gasteiger partial charge >= 0.3 is 5.97 Å². The minimum atomic E-state index is -0.804. The number of ether oxygens (including phenoxy) is 1. The maximum absolute atomic E-state index is 12.7. The van der Waals surface area contributed by atoms with Crippen molar-refractivity contribution in [2.45, 2.75) is 108 Å². The molecule has 2 bridgehead atoms. The fourth-order valence-corrected chi connectivity index (χ4v) is 6.67. The third-order valence-corrected chi connectivity index (χ3v) is 8.73. The van der Waals surface area contributed by atoms with Gasteiger partial charge in [0.05, 0.1) is 18.1 Å². The second kappa shape index (κ2) is 13.4. The van der Waals surface area contributed by atoms with Crippen LogP contribution < -0.4 is 10.6 Å². The van der Waals surface area contributed by atoms with Gasteiger partial charge < -0.3 is 24.9 Å². The molecule has 3 aliphatic rings. The summed E-state index contributed by atoms with van der Waals surface area (Å²) in [6.45, 7) is 0.477. The molecule has 0 radical (unpaired) electrons. The van der Waals surface area contributed by atoms with Crippen molar-refractivity contribution in [1.82, 2.24) is 15.6 Å². The number of aryl methyl sites for hydroxylation is 1. The molecule has 1 aromatic heterocycles. The van der Waals surface area contributed by atoms with Gasteiger partial charge in [0.15, 0.2) is 5.69 Å². The van der Waals surface area contributed by atoms with Crippen molar-refractivity contribution in [2.24, 2.45) is 5.92 Å². The lowest BCUT2D eigenvalue weighted by atomic mass is 9.75. The number of fused-ring (bicyclic) bond motifs is 2. The number of carboxylic acid groups (broad SMARTS) is 1. The molecule has 9 heteroatoms. The van der Waals surface area contributed by atoms with Gasteiger partial charge in [-0.25, -0.2) is 4.98 Å². The molecule has 216 valence electrons. The number of nitrogens with zero attached hydrogens (tertiary/aromatic N) is 1. The first-order valence-corrected chi connectivity index (χ1v) is 14.9. The number of rotatable bonds is 13. The van der Waals surface area contributed by atoms with Crippen LogP contribution in [0.3, 0.4) is 0 Å². The normalized spacial score (nSPS) is 24.2. The van der Waals surface area contributed by atoms with Crippen molar-refractivity contribution in [3.05, 3.63) is 53.2 Å². The fraction of sp³-hybridized carbons (Fsp3) is 0.613. The largest absolute Gasteiger partial charge is 0.481 e. The first-order valence-electron chi connectivity index (χ1n) is 14.9. The molecule has 0 unspecified atom stereocenters. The van der Waals surface area contributed by atoms with E-state index in [1.165, 1.54) is 25.5 Å². The average molecular weight is 552 g/mol. The smallest absolute Gasteiger partial charge is 0.303 e. The van der Waals surface area contributed by atoms with Gasteiger partial charge in [0.1, 0.15) is 6.26 Å². The van der Waals surface area contributed by atoms with Gasteiger partial charge in [-0.3, -0.25) is 14.4 Å². The standard InChI is InChI=1S/C31H41N3O6/c35-27(33-22-10-2-1-3-11-22)12-6-7-17-32-30(38)24-19-39-31(34-24)29-23(25-14-15-26(29)40-25)18-21-9-5-4-8-20(21)13-16-28(36)37/h4-5,8-9,19,22-23,25-26,29H,1-3,6-7,10-18H2,(H,32,38)(H,33,35)(H,36,37)/t23-,25+,26-,29+/m1/s1. The summed E-state index contributed by atoms with van der Waals surface area (Å²) in [6.07, 6.45) is 12.5. The molecule has 3 N–H and O–H groups in total. The van der Waals surface area contributed by atoms with E-state index in [1.54, 1.807) is 0 Å². The summed E-state index contributed by atoms with van der Waals surface area (Å²) in [7, 11) is 0. The number of nitrogens with one attached hydrogen (secondary N) is 2. The number of hydrogen-bond donors (Lipinski definition) is 3. The van der Waals surface area contributed by atoms with E-state index in [1.807, 2.05) is 18.2 Å². The highest BCUT2D eigenvalue weighted by atomic mass is 16.5. The second-order valence-corrected chi connectivity index (χ2v) is 11.5. The zero-order chi connectivity index (χ0) is 27.9. The van der Waals surface area contributed by atoms with Gasteiger partial charge in [-0.15, -0.1) is 0 Å². The first-order chi connectivity index (χ1) is 19.5. The Morgan fingerprint density at radius 3 is 2.52 bits per heavy atom. The van der Waals surface area contributed by atoms with E-state index in [2.05, 4.69) is 21.7 Å². The Balaban J connectivity index is 1.12. The van der Waals surface area contributed by atoms with Crippen molar-refractivity contribution >= 4 is 17.8 Å². The van der Waals surface area contributed by atoms with Crippen molar-refractivity contribution in [3.63, 3.8) is 0 Å². The van der Waals surface area contributed by atoms with Crippen LogP contribution in [0.2, 0.25) is 0 Å². The Bertz CT molecular complexity index is 1170. The van der Waals surface area contributed by atoms with Crippen LogP contribution in [-0.2, 0) is 27.2 Å². The number of carbonyl (C=O) groups excluding carboxylic acids is 2. The maximum Gasteiger partial charge on any atom is 0.303 e. The Labute approximate surface area is 235 Å². The lowest BCUT2D eigenvalue weighted by Gasteiger charge is -2.26. The number of oxazole rings is 1. The molecule has 1 saturated carbocycles. The quantitative estimate of drug-likeness (QED) is 0.312. The Morgan fingerprint density at radius 1 is 0.950 bits per heavy atom. The van der Waals surface area contributed by atoms with E-state index in [0.717, 1.165) is 56.1 Å². The number of unbranched alkanes of at least 4 members (excludes halogenated alkanes) is 1. The van der Waals surface area contributed by atoms with Gasteiger partial charge in [0.25, 0.3) is 5.91 Å². The SMILES string of the molecule is O=C(O)CCc1ccccc1C[C@H]1[C@H](c2nc(C(=O)NCCCCC(=O)NC3CCCCC3)co2)[C@H]2CC[C@@H]1O2. The molecule has 3 heterocycles. The minimum absolute atomic E-state index is 0.00972. The van der Waals surface area contributed by atoms with E-state index in [4.69, 9.17) is 14.3 Å². The van der Waals surface area contributed by atoms with Gasteiger partial charge in [-0.2, -0.15) is 0 Å². The lowest BCUT2D eigenvalue weighted by molar-refractivity contribution is -0.137. The van der Waals surface area contributed by atoms with E-state index in [9.17, 15) is 14.4 Å². The van der Waals surface area contributed by atoms with Gasteiger partial charge in [0.2, 0.25) is 11.8 Å². The molecule has 4 atom stereocenters. The third-order valence-electron chi connectivity index (χ3n) is 8.73. The van der Waals surface area contributed by atoms with Gasteiger partial charge in [-0.1, -0.05) is 43.5 Å². The molecule has 2 aliphatic heterocycles. The summed E-state index contributed by atoms with van der Waals surface area (Å²) >= 11 is 0. The van der Waals surface area contributed by atoms with Crippen LogP contribution >= 0.6 is 0 Å². The van der Waals surface area contributed by atoms with E-state index in [0.29, 0.717) is 31.3 Å². The summed E-state index contributed by atoms with van der Waals surface area (Å²) in [5, 5.41) is 15.2. The Morgan fingerprint density at radius 2 is 1.73 bits per heavy atom. The maximum atomic E-state index is 12.7. The number of aromatic nitrogens is 1. The van der Waals surface area contributed by atoms with Crippen molar-refractivity contribution < 1.29 is 28.6 Å². The topological polar surface area (TPSA) is 131 Å². The van der Waals surface area contributed by atoms with Crippen molar-refractivity contribution in [3.8, 4) is 0 Å². The van der Waals surface area contributed by atoms with Crippen LogP contribution in [0.1, 0.15) is 104 Å². The summed E-state index contributed by atoms with van der Waals surface area (Å²) in [6, 6.07) is 8.32. The summed E-state index contributed by atoms with van der Waals surface area (Å²) in [5.41, 5.74) is 2.44. The van der Waals surface area contributed by atoms with Crippen LogP contribution in [0, 0.1) is 5.92 Å². The Kier molecular flexibility index (Phi) is 9.52. The molecule has 5 rings (SSSR count). The summed E-state index contributed by atoms with van der Waals surface area (Å²) in [4.78, 5) is 40.6. The van der Waals surface area contributed by atoms with Crippen molar-refractivity contribution in [1.29, 1.82) is 0 Å². The molecule has 2 aromatic rings. The predicted molar refractivity (Wildman–Crippen MR) is 148 cm³/mol. The molecule has 1 aliphatic carbocycles. The second-order valence-electron chi connectivity index (χ2n) is 11.5. The monoisotopic (exact) mass is 551 g/mol. The number of hydrogen-bond acceptors (Lipinski definition) is 6. The molecule has 2 saturated heterocycles. The minimum Gasteiger partial charge on any atom is -0.481 e. The fourth-order valence-electron chi connectivity index (χ4n) is 6.67. The van der Waals surface area contributed by atoms with Crippen molar-refractivity contribution in [2.75, 3.05) is 6.54 Å². The number of amides is 2. The molecule has 40 heavy (non-hydrogen) atoms. The third kappa shape index (κ3) is 7.11. The zero-order valence-electron chi connectivity index (χ0n) is 23.1. The number of carboxylic acids is 1. The summed E-state index contributed by atoms with van der Waals surface area (Å²) in [5.74, 6) is -0.339. The number of aliphatic carboxylic acids is 1. The van der Waals surface area contributed by atoms with Crippen LogP contribution in [-0.4, -0.2) is 52.7 Å². The number of benzene rings is 1. The Hall–Kier alpha value is -3.20. The average Bonchev–Trinajstić information content (AvgIpc) is 3.70. The molecule has 0 spiro atoms. The van der Waals surface area contributed by atoms with E-state index in [-0.39, 0.29) is 48.0 Å². The highest BCUT2D eigenvalue weighted by Gasteiger charge is 2.51. The van der Waals surface area contributed by atoms with Gasteiger partial charge in [0, 0.05) is 31.3 Å². The van der Waals surface area contributed by atoms with Crippen LogP contribution in [0.4, 0.5) is 0 Å². The van der Waals surface area contributed by atoms with Crippen LogP contribution in [0.15, 0.2) is 34.9 Å². The zero-order valence-corrected chi connectivity index (χ0v) is 23.1. The molecule has 9 nitrogen and oxygen atoms in total. The molecular formula is C31H41N3O6. The predicted octanol–water partition coefficient (Wildman–Crippen LogP) is 4.54. The molecule has 2 amide bonds. The number of carbonyl (C=O) groups is 3. The lowest BCUT2D eigenvalue weighted by Crippen LogP contribution is -2.36. The molecule has 3 fully saturated rings.